The average Bonchev–Trinajstić information content (AvgIpc) is 2.29. The summed E-state index contributed by atoms with van der Waals surface area (Å²) in [5.41, 5.74) is 0.784. The monoisotopic (exact) mass is 246 g/mol. The molecule has 3 nitrogen and oxygen atoms in total. The second kappa shape index (κ2) is 4.01. The topological polar surface area (TPSA) is 35.5 Å². The van der Waals surface area contributed by atoms with Crippen molar-refractivity contribution in [3.63, 3.8) is 0 Å². The van der Waals surface area contributed by atoms with Crippen LogP contribution in [0.1, 0.15) is 44.6 Å². The fraction of sp³-hybridized carbons (Fsp3) is 0.533. The van der Waals surface area contributed by atoms with Crippen LogP contribution in [0.4, 0.5) is 0 Å². The van der Waals surface area contributed by atoms with E-state index in [1.54, 1.807) is 0 Å². The maximum atomic E-state index is 11.8. The molecule has 2 bridgehead atoms. The van der Waals surface area contributed by atoms with Gasteiger partial charge in [0.15, 0.2) is 11.5 Å². The van der Waals surface area contributed by atoms with Gasteiger partial charge < -0.3 is 9.47 Å². The van der Waals surface area contributed by atoms with Crippen LogP contribution in [0.15, 0.2) is 18.2 Å². The van der Waals surface area contributed by atoms with E-state index in [0.29, 0.717) is 31.1 Å². The highest BCUT2D eigenvalue weighted by Gasteiger charge is 2.44. The van der Waals surface area contributed by atoms with Gasteiger partial charge in [0.25, 0.3) is 0 Å². The molecular formula is C15H18O3. The fourth-order valence-electron chi connectivity index (χ4n) is 3.21. The van der Waals surface area contributed by atoms with Crippen LogP contribution in [0.5, 0.6) is 11.5 Å². The lowest BCUT2D eigenvalue weighted by atomic mass is 9.73. The molecule has 0 saturated heterocycles. The molecule has 0 N–H and O–H groups in total. The van der Waals surface area contributed by atoms with Crippen LogP contribution in [-0.2, 0) is 4.79 Å². The Morgan fingerprint density at radius 3 is 3.11 bits per heavy atom. The smallest absolute Gasteiger partial charge is 0.165 e. The molecule has 1 fully saturated rings. The number of carbonyl (C=O) groups excluding carboxylic acids is 1. The fourth-order valence-corrected chi connectivity index (χ4v) is 3.21. The summed E-state index contributed by atoms with van der Waals surface area (Å²) in [6, 6.07) is 5.98. The van der Waals surface area contributed by atoms with Crippen LogP contribution < -0.4 is 9.47 Å². The van der Waals surface area contributed by atoms with E-state index in [1.165, 1.54) is 0 Å². The molecule has 0 amide bonds. The third-order valence-corrected chi connectivity index (χ3v) is 3.82. The number of ketones is 1. The van der Waals surface area contributed by atoms with Gasteiger partial charge in [-0.05, 0) is 32.3 Å². The largest absolute Gasteiger partial charge is 0.490 e. The molecule has 2 atom stereocenters. The standard InChI is InChI=1S/C15H18O3/c1-3-17-13-6-4-5-12-10-7-11(16)9-15(2,8-10)18-14(12)13/h4-6,10H,3,7-9H2,1-2H3. The van der Waals surface area contributed by atoms with Crippen molar-refractivity contribution in [2.45, 2.75) is 44.6 Å². The SMILES string of the molecule is CCOc1cccc2c1OC1(C)CC(=O)CC2C1. The van der Waals surface area contributed by atoms with E-state index in [2.05, 4.69) is 6.07 Å². The van der Waals surface area contributed by atoms with Gasteiger partial charge in [-0.1, -0.05) is 12.1 Å². The van der Waals surface area contributed by atoms with Gasteiger partial charge in [0.1, 0.15) is 11.4 Å². The molecule has 0 spiro atoms. The molecule has 0 aromatic heterocycles. The molecule has 1 heterocycles. The molecule has 3 rings (SSSR count). The molecule has 96 valence electrons. The van der Waals surface area contributed by atoms with Crippen LogP contribution in [0.25, 0.3) is 0 Å². The Hall–Kier alpha value is -1.51. The quantitative estimate of drug-likeness (QED) is 0.804. The highest BCUT2D eigenvalue weighted by Crippen LogP contribution is 2.50. The van der Waals surface area contributed by atoms with Crippen LogP contribution in [0, 0.1) is 0 Å². The summed E-state index contributed by atoms with van der Waals surface area (Å²) in [5.74, 6) is 2.26. The molecule has 0 radical (unpaired) electrons. The van der Waals surface area contributed by atoms with E-state index >= 15 is 0 Å². The molecule has 3 heteroatoms. The van der Waals surface area contributed by atoms with Gasteiger partial charge in [-0.15, -0.1) is 0 Å². The summed E-state index contributed by atoms with van der Waals surface area (Å²) in [6.07, 6.45) is 2.09. The first-order chi connectivity index (χ1) is 8.61. The van der Waals surface area contributed by atoms with Crippen molar-refractivity contribution in [2.24, 2.45) is 0 Å². The highest BCUT2D eigenvalue weighted by atomic mass is 16.5. The van der Waals surface area contributed by atoms with Crippen LogP contribution in [-0.4, -0.2) is 18.0 Å². The summed E-state index contributed by atoms with van der Waals surface area (Å²) in [6.45, 7) is 4.62. The normalized spacial score (nSPS) is 29.4. The van der Waals surface area contributed by atoms with Crippen LogP contribution >= 0.6 is 0 Å². The van der Waals surface area contributed by atoms with Gasteiger partial charge in [0.05, 0.1) is 6.61 Å². The lowest BCUT2D eigenvalue weighted by Gasteiger charge is -2.43. The highest BCUT2D eigenvalue weighted by molar-refractivity contribution is 5.82. The molecule has 18 heavy (non-hydrogen) atoms. The molecule has 2 unspecified atom stereocenters. The number of carbonyl (C=O) groups is 1. The van der Waals surface area contributed by atoms with Crippen LogP contribution in [0.2, 0.25) is 0 Å². The van der Waals surface area contributed by atoms with E-state index in [9.17, 15) is 4.79 Å². The van der Waals surface area contributed by atoms with Crippen molar-refractivity contribution in [1.29, 1.82) is 0 Å². The van der Waals surface area contributed by atoms with E-state index in [4.69, 9.17) is 9.47 Å². The predicted octanol–water partition coefficient (Wildman–Crippen LogP) is 3.07. The maximum absolute atomic E-state index is 11.8. The minimum atomic E-state index is -0.347. The van der Waals surface area contributed by atoms with Gasteiger partial charge in [-0.2, -0.15) is 0 Å². The lowest BCUT2D eigenvalue weighted by molar-refractivity contribution is -0.127. The van der Waals surface area contributed by atoms with Crippen molar-refractivity contribution in [3.8, 4) is 11.5 Å². The zero-order valence-electron chi connectivity index (χ0n) is 10.9. The second-order valence-corrected chi connectivity index (χ2v) is 5.48. The zero-order valence-corrected chi connectivity index (χ0v) is 10.9. The number of hydrogen-bond acceptors (Lipinski definition) is 3. The van der Waals surface area contributed by atoms with E-state index in [-0.39, 0.29) is 5.60 Å². The predicted molar refractivity (Wildman–Crippen MR) is 68.2 cm³/mol. The summed E-state index contributed by atoms with van der Waals surface area (Å²) in [4.78, 5) is 11.8. The minimum absolute atomic E-state index is 0.292. The van der Waals surface area contributed by atoms with Crippen molar-refractivity contribution < 1.29 is 14.3 Å². The second-order valence-electron chi connectivity index (χ2n) is 5.48. The first-order valence-electron chi connectivity index (χ1n) is 6.58. The van der Waals surface area contributed by atoms with E-state index in [1.807, 2.05) is 26.0 Å². The van der Waals surface area contributed by atoms with E-state index < -0.39 is 0 Å². The Bertz CT molecular complexity index is 495. The van der Waals surface area contributed by atoms with Gasteiger partial charge in [0, 0.05) is 18.4 Å². The van der Waals surface area contributed by atoms with Gasteiger partial charge in [0.2, 0.25) is 0 Å². The number of benzene rings is 1. The Balaban J connectivity index is 2.07. The number of Topliss-reactive ketones (excluding diaryl/α,β-unsaturated/α-hetero) is 1. The zero-order chi connectivity index (χ0) is 12.8. The van der Waals surface area contributed by atoms with E-state index in [0.717, 1.165) is 23.5 Å². The molecule has 1 aliphatic heterocycles. The lowest BCUT2D eigenvalue weighted by Crippen LogP contribution is -2.44. The number of ether oxygens (including phenoxy) is 2. The first-order valence-corrected chi connectivity index (χ1v) is 6.58. The number of fused-ring (bicyclic) bond motifs is 4. The molecule has 2 aliphatic rings. The third kappa shape index (κ3) is 1.78. The number of rotatable bonds is 2. The first kappa shape index (κ1) is 11.6. The summed E-state index contributed by atoms with van der Waals surface area (Å²) >= 11 is 0. The Kier molecular flexibility index (Phi) is 2.58. The maximum Gasteiger partial charge on any atom is 0.165 e. The van der Waals surface area contributed by atoms with Gasteiger partial charge >= 0.3 is 0 Å². The van der Waals surface area contributed by atoms with Crippen LogP contribution in [0.3, 0.4) is 0 Å². The van der Waals surface area contributed by atoms with Crippen molar-refractivity contribution >= 4 is 5.78 Å². The average molecular weight is 246 g/mol. The van der Waals surface area contributed by atoms with Crippen molar-refractivity contribution in [1.82, 2.24) is 0 Å². The molecule has 1 aromatic rings. The van der Waals surface area contributed by atoms with Crippen molar-refractivity contribution in [2.75, 3.05) is 6.61 Å². The number of hydrogen-bond donors (Lipinski definition) is 0. The summed E-state index contributed by atoms with van der Waals surface area (Å²) in [5, 5.41) is 0. The third-order valence-electron chi connectivity index (χ3n) is 3.82. The minimum Gasteiger partial charge on any atom is -0.490 e. The number of para-hydroxylation sites is 1. The molecule has 1 aromatic carbocycles. The van der Waals surface area contributed by atoms with Gasteiger partial charge in [-0.25, -0.2) is 0 Å². The van der Waals surface area contributed by atoms with Gasteiger partial charge in [-0.3, -0.25) is 4.79 Å². The Morgan fingerprint density at radius 2 is 2.33 bits per heavy atom. The Labute approximate surface area is 107 Å². The molecule has 1 saturated carbocycles. The summed E-state index contributed by atoms with van der Waals surface area (Å²) < 4.78 is 11.7. The van der Waals surface area contributed by atoms with Crippen molar-refractivity contribution in [3.05, 3.63) is 23.8 Å². The Morgan fingerprint density at radius 1 is 1.50 bits per heavy atom. The molecular weight excluding hydrogens is 228 g/mol. The molecule has 1 aliphatic carbocycles. The summed E-state index contributed by atoms with van der Waals surface area (Å²) in [7, 11) is 0.